The molecule has 3 rings (SSSR count). The van der Waals surface area contributed by atoms with Crippen molar-refractivity contribution in [3.8, 4) is 0 Å². The first-order valence-corrected chi connectivity index (χ1v) is 8.64. The van der Waals surface area contributed by atoms with Crippen molar-refractivity contribution >= 4 is 17.3 Å². The first-order valence-electron chi connectivity index (χ1n) is 8.64. The molecule has 2 aromatic rings. The molecule has 1 fully saturated rings. The number of nitrogens with one attached hydrogen (secondary N) is 2. The van der Waals surface area contributed by atoms with Gasteiger partial charge in [0.25, 0.3) is 0 Å². The van der Waals surface area contributed by atoms with Gasteiger partial charge in [0, 0.05) is 13.1 Å². The topological polar surface area (TPSA) is 57.5 Å². The van der Waals surface area contributed by atoms with Crippen molar-refractivity contribution in [3.05, 3.63) is 48.4 Å². The minimum atomic E-state index is -0.133. The molecule has 5 heteroatoms. The number of rotatable bonds is 6. The molecule has 2 N–H and O–H groups in total. The molecule has 1 aromatic carbocycles. The molecule has 1 amide bonds. The van der Waals surface area contributed by atoms with Gasteiger partial charge in [-0.2, -0.15) is 0 Å². The van der Waals surface area contributed by atoms with Gasteiger partial charge in [0.15, 0.2) is 0 Å². The summed E-state index contributed by atoms with van der Waals surface area (Å²) in [6, 6.07) is 11.8. The third kappa shape index (κ3) is 4.10. The standard InChI is InChI=1S/C19H25N3O2/c1-15(18-10-7-13-24-18)21-19(23)14-20-16-8-3-4-9-17(16)22-11-5-2-6-12-22/h3-4,7-10,13,15,20H,2,5-6,11-12,14H2,1H3,(H,21,23). The summed E-state index contributed by atoms with van der Waals surface area (Å²) in [5, 5.41) is 6.22. The average Bonchev–Trinajstić information content (AvgIpc) is 3.16. The quantitative estimate of drug-likeness (QED) is 0.852. The molecule has 128 valence electrons. The molecular formula is C19H25N3O2. The zero-order chi connectivity index (χ0) is 16.8. The highest BCUT2D eigenvalue weighted by molar-refractivity contribution is 5.83. The van der Waals surface area contributed by atoms with Gasteiger partial charge in [0.1, 0.15) is 5.76 Å². The minimum Gasteiger partial charge on any atom is -0.467 e. The highest BCUT2D eigenvalue weighted by atomic mass is 16.3. The molecule has 5 nitrogen and oxygen atoms in total. The lowest BCUT2D eigenvalue weighted by atomic mass is 10.1. The first kappa shape index (κ1) is 16.4. The van der Waals surface area contributed by atoms with E-state index >= 15 is 0 Å². The second kappa shape index (κ2) is 7.90. The lowest BCUT2D eigenvalue weighted by Gasteiger charge is -2.30. The molecule has 0 spiro atoms. The fraction of sp³-hybridized carbons (Fsp3) is 0.421. The van der Waals surface area contributed by atoms with E-state index in [1.165, 1.54) is 24.9 Å². The molecule has 0 radical (unpaired) electrons. The molecule has 1 aliphatic rings. The van der Waals surface area contributed by atoms with E-state index in [0.717, 1.165) is 24.5 Å². The largest absolute Gasteiger partial charge is 0.467 e. The number of benzene rings is 1. The number of piperidine rings is 1. The first-order chi connectivity index (χ1) is 11.7. The van der Waals surface area contributed by atoms with Crippen LogP contribution < -0.4 is 15.5 Å². The van der Waals surface area contributed by atoms with Crippen LogP contribution in [-0.2, 0) is 4.79 Å². The maximum Gasteiger partial charge on any atom is 0.239 e. The number of amides is 1. The van der Waals surface area contributed by atoms with E-state index < -0.39 is 0 Å². The maximum absolute atomic E-state index is 12.2. The smallest absolute Gasteiger partial charge is 0.239 e. The van der Waals surface area contributed by atoms with E-state index in [0.29, 0.717) is 0 Å². The maximum atomic E-state index is 12.2. The summed E-state index contributed by atoms with van der Waals surface area (Å²) in [7, 11) is 0. The van der Waals surface area contributed by atoms with Gasteiger partial charge in [-0.15, -0.1) is 0 Å². The number of hydrogen-bond donors (Lipinski definition) is 2. The van der Waals surface area contributed by atoms with Gasteiger partial charge in [-0.25, -0.2) is 0 Å². The summed E-state index contributed by atoms with van der Waals surface area (Å²) in [5.74, 6) is 0.712. The molecular weight excluding hydrogens is 302 g/mol. The molecule has 2 heterocycles. The van der Waals surface area contributed by atoms with Crippen LogP contribution in [0.25, 0.3) is 0 Å². The highest BCUT2D eigenvalue weighted by Crippen LogP contribution is 2.28. The Bertz CT molecular complexity index is 648. The van der Waals surface area contributed by atoms with E-state index in [2.05, 4.69) is 21.6 Å². The summed E-state index contributed by atoms with van der Waals surface area (Å²) in [6.45, 7) is 4.33. The van der Waals surface area contributed by atoms with Crippen LogP contribution in [0.4, 0.5) is 11.4 Å². The third-order valence-electron chi connectivity index (χ3n) is 4.39. The molecule has 0 aliphatic carbocycles. The zero-order valence-electron chi connectivity index (χ0n) is 14.1. The van der Waals surface area contributed by atoms with Crippen molar-refractivity contribution in [3.63, 3.8) is 0 Å². The molecule has 1 aliphatic heterocycles. The number of para-hydroxylation sites is 2. The van der Waals surface area contributed by atoms with Crippen molar-refractivity contribution in [2.75, 3.05) is 29.9 Å². The van der Waals surface area contributed by atoms with Crippen LogP contribution in [0.2, 0.25) is 0 Å². The summed E-state index contributed by atoms with van der Waals surface area (Å²) in [5.41, 5.74) is 2.20. The fourth-order valence-electron chi connectivity index (χ4n) is 3.11. The van der Waals surface area contributed by atoms with Gasteiger partial charge in [0.2, 0.25) is 5.91 Å². The normalized spacial score (nSPS) is 15.8. The number of carbonyl (C=O) groups is 1. The van der Waals surface area contributed by atoms with Crippen LogP contribution in [0.15, 0.2) is 47.1 Å². The average molecular weight is 327 g/mol. The SMILES string of the molecule is CC(NC(=O)CNc1ccccc1N1CCCCC1)c1ccco1. The van der Waals surface area contributed by atoms with Crippen LogP contribution in [0.3, 0.4) is 0 Å². The molecule has 1 aromatic heterocycles. The Balaban J connectivity index is 1.57. The molecule has 1 saturated heterocycles. The monoisotopic (exact) mass is 327 g/mol. The lowest BCUT2D eigenvalue weighted by molar-refractivity contribution is -0.120. The van der Waals surface area contributed by atoms with Gasteiger partial charge in [-0.05, 0) is 50.5 Å². The predicted molar refractivity (Wildman–Crippen MR) is 96.3 cm³/mol. The Morgan fingerprint density at radius 3 is 2.71 bits per heavy atom. The highest BCUT2D eigenvalue weighted by Gasteiger charge is 2.15. The van der Waals surface area contributed by atoms with E-state index in [1.54, 1.807) is 6.26 Å². The second-order valence-corrected chi connectivity index (χ2v) is 6.22. The van der Waals surface area contributed by atoms with Gasteiger partial charge in [-0.1, -0.05) is 12.1 Å². The Morgan fingerprint density at radius 1 is 1.17 bits per heavy atom. The van der Waals surface area contributed by atoms with Gasteiger partial charge >= 0.3 is 0 Å². The molecule has 1 atom stereocenters. The Kier molecular flexibility index (Phi) is 5.41. The van der Waals surface area contributed by atoms with E-state index in [9.17, 15) is 4.79 Å². The minimum absolute atomic E-state index is 0.0488. The zero-order valence-corrected chi connectivity index (χ0v) is 14.1. The van der Waals surface area contributed by atoms with Crippen molar-refractivity contribution in [2.45, 2.75) is 32.2 Å². The van der Waals surface area contributed by atoms with E-state index in [1.807, 2.05) is 37.3 Å². The molecule has 0 bridgehead atoms. The van der Waals surface area contributed by atoms with Gasteiger partial charge < -0.3 is 20.0 Å². The Labute approximate surface area is 143 Å². The van der Waals surface area contributed by atoms with E-state index in [-0.39, 0.29) is 18.5 Å². The number of furan rings is 1. The van der Waals surface area contributed by atoms with Gasteiger partial charge in [0.05, 0.1) is 30.2 Å². The number of carbonyl (C=O) groups excluding carboxylic acids is 1. The van der Waals surface area contributed by atoms with Crippen molar-refractivity contribution in [1.82, 2.24) is 5.32 Å². The summed E-state index contributed by atoms with van der Waals surface area (Å²) in [6.07, 6.45) is 5.38. The van der Waals surface area contributed by atoms with Crippen LogP contribution in [0, 0.1) is 0 Å². The summed E-state index contributed by atoms with van der Waals surface area (Å²) in [4.78, 5) is 14.6. The number of nitrogens with zero attached hydrogens (tertiary/aromatic N) is 1. The third-order valence-corrected chi connectivity index (χ3v) is 4.39. The van der Waals surface area contributed by atoms with Crippen molar-refractivity contribution in [2.24, 2.45) is 0 Å². The molecule has 0 saturated carbocycles. The van der Waals surface area contributed by atoms with Crippen LogP contribution in [0.1, 0.15) is 38.0 Å². The van der Waals surface area contributed by atoms with Crippen molar-refractivity contribution < 1.29 is 9.21 Å². The van der Waals surface area contributed by atoms with Crippen molar-refractivity contribution in [1.29, 1.82) is 0 Å². The van der Waals surface area contributed by atoms with E-state index in [4.69, 9.17) is 4.42 Å². The van der Waals surface area contributed by atoms with Crippen LogP contribution >= 0.6 is 0 Å². The Morgan fingerprint density at radius 2 is 1.96 bits per heavy atom. The number of anilines is 2. The second-order valence-electron chi connectivity index (χ2n) is 6.22. The fourth-order valence-corrected chi connectivity index (χ4v) is 3.11. The summed E-state index contributed by atoms with van der Waals surface area (Å²) >= 11 is 0. The molecule has 1 unspecified atom stereocenters. The van der Waals surface area contributed by atoms with Crippen LogP contribution in [0.5, 0.6) is 0 Å². The Hall–Kier alpha value is -2.43. The summed E-state index contributed by atoms with van der Waals surface area (Å²) < 4.78 is 5.32. The van der Waals surface area contributed by atoms with Crippen LogP contribution in [-0.4, -0.2) is 25.5 Å². The predicted octanol–water partition coefficient (Wildman–Crippen LogP) is 3.56. The van der Waals surface area contributed by atoms with Gasteiger partial charge in [-0.3, -0.25) is 4.79 Å². The lowest BCUT2D eigenvalue weighted by Crippen LogP contribution is -2.33. The molecule has 24 heavy (non-hydrogen) atoms. The number of hydrogen-bond acceptors (Lipinski definition) is 4.